The fourth-order valence-corrected chi connectivity index (χ4v) is 8.82. The van der Waals surface area contributed by atoms with Crippen LogP contribution in [0.25, 0.3) is 27.8 Å². The molecule has 0 aliphatic heterocycles. The monoisotopic (exact) mass is 611 g/mol. The third-order valence-electron chi connectivity index (χ3n) is 10.8. The SMILES string of the molecule is Cc1ccc2c(c1)C1(C3=C(c4ccccc4C3)c3ccc(N(c4ccccc4)c4ccc(-c5ccccc5)cc4)cc31)c1ccccc1-2. The van der Waals surface area contributed by atoms with E-state index in [1.807, 2.05) is 0 Å². The number of fused-ring (bicyclic) bond motifs is 11. The molecule has 0 N–H and O–H groups in total. The summed E-state index contributed by atoms with van der Waals surface area (Å²) in [6.07, 6.45) is 0.959. The highest BCUT2D eigenvalue weighted by Gasteiger charge is 2.54. The van der Waals surface area contributed by atoms with Gasteiger partial charge in [0.15, 0.2) is 0 Å². The van der Waals surface area contributed by atoms with Crippen molar-refractivity contribution in [3.05, 3.63) is 214 Å². The third-order valence-corrected chi connectivity index (χ3v) is 10.8. The Kier molecular flexibility index (Phi) is 5.83. The molecule has 3 aliphatic carbocycles. The molecule has 1 nitrogen and oxygen atoms in total. The van der Waals surface area contributed by atoms with E-state index in [9.17, 15) is 0 Å². The topological polar surface area (TPSA) is 3.24 Å². The Hall–Kier alpha value is -5.92. The summed E-state index contributed by atoms with van der Waals surface area (Å²) < 4.78 is 0. The van der Waals surface area contributed by atoms with Crippen molar-refractivity contribution in [2.24, 2.45) is 0 Å². The molecule has 1 unspecified atom stereocenters. The van der Waals surface area contributed by atoms with Gasteiger partial charge in [0.1, 0.15) is 0 Å². The number of hydrogen-bond acceptors (Lipinski definition) is 1. The summed E-state index contributed by atoms with van der Waals surface area (Å²) in [6, 6.07) is 62.9. The highest BCUT2D eigenvalue weighted by Crippen LogP contribution is 2.65. The second-order valence-electron chi connectivity index (χ2n) is 13.3. The summed E-state index contributed by atoms with van der Waals surface area (Å²) in [4.78, 5) is 2.41. The van der Waals surface area contributed by atoms with Crippen LogP contribution in [-0.4, -0.2) is 0 Å². The van der Waals surface area contributed by atoms with Gasteiger partial charge in [-0.2, -0.15) is 0 Å². The summed E-state index contributed by atoms with van der Waals surface area (Å²) >= 11 is 0. The molecule has 0 fully saturated rings. The first-order valence-electron chi connectivity index (χ1n) is 16.9. The van der Waals surface area contributed by atoms with E-state index in [4.69, 9.17) is 0 Å². The van der Waals surface area contributed by atoms with Crippen LogP contribution in [-0.2, 0) is 11.8 Å². The summed E-state index contributed by atoms with van der Waals surface area (Å²) in [5.41, 5.74) is 20.9. The lowest BCUT2D eigenvalue weighted by Gasteiger charge is -2.34. The van der Waals surface area contributed by atoms with E-state index in [1.54, 1.807) is 0 Å². The maximum Gasteiger partial charge on any atom is 0.0692 e. The van der Waals surface area contributed by atoms with Gasteiger partial charge in [-0.15, -0.1) is 0 Å². The average Bonchev–Trinajstić information content (AvgIpc) is 3.76. The van der Waals surface area contributed by atoms with Crippen LogP contribution in [0.3, 0.4) is 0 Å². The van der Waals surface area contributed by atoms with Crippen molar-refractivity contribution in [2.75, 3.05) is 4.90 Å². The maximum absolute atomic E-state index is 2.50. The van der Waals surface area contributed by atoms with E-state index in [1.165, 1.54) is 78.0 Å². The van der Waals surface area contributed by atoms with E-state index in [-0.39, 0.29) is 5.41 Å². The van der Waals surface area contributed by atoms with Crippen LogP contribution < -0.4 is 4.90 Å². The van der Waals surface area contributed by atoms with E-state index in [0.29, 0.717) is 0 Å². The smallest absolute Gasteiger partial charge is 0.0692 e. The predicted molar refractivity (Wildman–Crippen MR) is 199 cm³/mol. The lowest BCUT2D eigenvalue weighted by molar-refractivity contribution is 0.744. The molecule has 1 atom stereocenters. The largest absolute Gasteiger partial charge is 0.310 e. The van der Waals surface area contributed by atoms with Gasteiger partial charge in [0.2, 0.25) is 0 Å². The van der Waals surface area contributed by atoms with Crippen LogP contribution in [0.4, 0.5) is 17.1 Å². The van der Waals surface area contributed by atoms with Crippen LogP contribution in [0.2, 0.25) is 0 Å². The molecule has 0 radical (unpaired) electrons. The number of para-hydroxylation sites is 1. The zero-order valence-electron chi connectivity index (χ0n) is 26.8. The average molecular weight is 612 g/mol. The zero-order valence-corrected chi connectivity index (χ0v) is 26.8. The second-order valence-corrected chi connectivity index (χ2v) is 13.3. The van der Waals surface area contributed by atoms with Crippen LogP contribution >= 0.6 is 0 Å². The molecule has 0 heterocycles. The van der Waals surface area contributed by atoms with Crippen LogP contribution in [0.5, 0.6) is 0 Å². The molecule has 7 aromatic rings. The Morgan fingerprint density at radius 1 is 0.438 bits per heavy atom. The number of hydrogen-bond donors (Lipinski definition) is 0. The quantitative estimate of drug-likeness (QED) is 0.191. The molecule has 0 amide bonds. The van der Waals surface area contributed by atoms with Crippen molar-refractivity contribution in [3.63, 3.8) is 0 Å². The first kappa shape index (κ1) is 27.2. The number of benzene rings is 7. The van der Waals surface area contributed by atoms with Crippen molar-refractivity contribution in [3.8, 4) is 22.3 Å². The molecule has 226 valence electrons. The van der Waals surface area contributed by atoms with Crippen molar-refractivity contribution >= 4 is 22.6 Å². The fraction of sp³-hybridized carbons (Fsp3) is 0.0638. The van der Waals surface area contributed by atoms with Gasteiger partial charge in [0.05, 0.1) is 5.41 Å². The van der Waals surface area contributed by atoms with E-state index < -0.39 is 0 Å². The van der Waals surface area contributed by atoms with E-state index in [0.717, 1.165) is 17.8 Å². The molecule has 1 spiro atoms. The number of rotatable bonds is 4. The molecule has 0 saturated heterocycles. The normalized spacial score (nSPS) is 16.4. The van der Waals surface area contributed by atoms with Gasteiger partial charge in [-0.1, -0.05) is 139 Å². The van der Waals surface area contributed by atoms with Gasteiger partial charge in [0, 0.05) is 17.1 Å². The summed E-state index contributed by atoms with van der Waals surface area (Å²) in [7, 11) is 0. The zero-order chi connectivity index (χ0) is 31.8. The maximum atomic E-state index is 2.50. The number of aryl methyl sites for hydroxylation is 1. The first-order valence-corrected chi connectivity index (χ1v) is 16.9. The molecule has 10 rings (SSSR count). The summed E-state index contributed by atoms with van der Waals surface area (Å²) in [6.45, 7) is 2.23. The predicted octanol–water partition coefficient (Wildman–Crippen LogP) is 11.8. The Morgan fingerprint density at radius 3 is 1.83 bits per heavy atom. The Balaban J connectivity index is 1.23. The van der Waals surface area contributed by atoms with Crippen LogP contribution in [0, 0.1) is 6.92 Å². The molecule has 0 saturated carbocycles. The summed E-state index contributed by atoms with van der Waals surface area (Å²) in [5.74, 6) is 0. The molecular weight excluding hydrogens is 579 g/mol. The standard InChI is InChI=1S/C47H33N/c1-31-20-26-40-39-18-10-11-19-42(39)47(43(40)28-31)44-30-37(25-27-41(44)46-38-17-9-8-14-34(38)29-45(46)47)48(35-15-6-3-7-16-35)36-23-21-33(22-24-36)32-12-4-2-5-13-32/h2-28,30H,29H2,1H3. The molecule has 3 aliphatic rings. The van der Waals surface area contributed by atoms with E-state index >= 15 is 0 Å². The molecule has 48 heavy (non-hydrogen) atoms. The third kappa shape index (κ3) is 3.73. The van der Waals surface area contributed by atoms with Gasteiger partial charge in [-0.3, -0.25) is 0 Å². The first-order chi connectivity index (χ1) is 23.7. The van der Waals surface area contributed by atoms with Gasteiger partial charge in [0.25, 0.3) is 0 Å². The lowest BCUT2D eigenvalue weighted by Crippen LogP contribution is -2.28. The van der Waals surface area contributed by atoms with E-state index in [2.05, 4.69) is 182 Å². The molecule has 7 aromatic carbocycles. The molecule has 0 aromatic heterocycles. The van der Waals surface area contributed by atoms with Crippen molar-refractivity contribution in [2.45, 2.75) is 18.8 Å². The van der Waals surface area contributed by atoms with Crippen LogP contribution in [0.1, 0.15) is 38.9 Å². The van der Waals surface area contributed by atoms with Gasteiger partial charge in [-0.25, -0.2) is 0 Å². The summed E-state index contributed by atoms with van der Waals surface area (Å²) in [5, 5.41) is 0. The fourth-order valence-electron chi connectivity index (χ4n) is 8.82. The molecule has 0 bridgehead atoms. The highest BCUT2D eigenvalue weighted by atomic mass is 15.1. The van der Waals surface area contributed by atoms with Gasteiger partial charge < -0.3 is 4.90 Å². The number of allylic oxidation sites excluding steroid dienone is 1. The van der Waals surface area contributed by atoms with Crippen molar-refractivity contribution < 1.29 is 0 Å². The second kappa shape index (κ2) is 10.3. The lowest BCUT2D eigenvalue weighted by atomic mass is 9.68. The molecule has 1 heteroatoms. The minimum atomic E-state index is -0.350. The van der Waals surface area contributed by atoms with Gasteiger partial charge >= 0.3 is 0 Å². The number of nitrogens with zero attached hydrogens (tertiary/aromatic N) is 1. The Labute approximate surface area is 282 Å². The minimum Gasteiger partial charge on any atom is -0.310 e. The van der Waals surface area contributed by atoms with Crippen molar-refractivity contribution in [1.29, 1.82) is 0 Å². The van der Waals surface area contributed by atoms with Crippen molar-refractivity contribution in [1.82, 2.24) is 0 Å². The Morgan fingerprint density at radius 2 is 1.02 bits per heavy atom. The molecular formula is C47H33N. The number of anilines is 3. The highest BCUT2D eigenvalue weighted by molar-refractivity contribution is 6.02. The Bertz CT molecular complexity index is 2420. The van der Waals surface area contributed by atoms with Crippen LogP contribution in [0.15, 0.2) is 175 Å². The van der Waals surface area contributed by atoms with Gasteiger partial charge in [-0.05, 0) is 117 Å². The minimum absolute atomic E-state index is 0.350.